The Morgan fingerprint density at radius 2 is 1.88 bits per heavy atom. The lowest BCUT2D eigenvalue weighted by Gasteiger charge is -2.06. The Labute approximate surface area is 110 Å². The molecule has 0 N–H and O–H groups in total. The van der Waals surface area contributed by atoms with Crippen molar-refractivity contribution < 1.29 is 9.34 Å². The van der Waals surface area contributed by atoms with Crippen LogP contribution in [0.1, 0.15) is 16.7 Å². The summed E-state index contributed by atoms with van der Waals surface area (Å²) in [6.45, 7) is 0. The first kappa shape index (κ1) is 12.1. The van der Waals surface area contributed by atoms with Gasteiger partial charge in [0.2, 0.25) is 0 Å². The predicted molar refractivity (Wildman–Crippen MR) is 67.2 cm³/mol. The molecule has 0 aliphatic carbocycles. The molecule has 0 aliphatic rings. The second-order valence-corrected chi connectivity index (χ2v) is 4.70. The zero-order valence-electron chi connectivity index (χ0n) is 8.47. The first-order valence-electron chi connectivity index (χ1n) is 4.71. The number of hydrogen-bond acceptors (Lipinski definition) is 3. The second kappa shape index (κ2) is 4.89. The van der Waals surface area contributed by atoms with Gasteiger partial charge in [0.15, 0.2) is 0 Å². The highest BCUT2D eigenvalue weighted by atomic mass is 79.9. The molecular weight excluding hydrogens is 309 g/mol. The van der Waals surface area contributed by atoms with Crippen molar-refractivity contribution in [3.05, 3.63) is 62.3 Å². The van der Waals surface area contributed by atoms with Gasteiger partial charge in [-0.05, 0) is 23.8 Å². The van der Waals surface area contributed by atoms with Gasteiger partial charge in [-0.1, -0.05) is 28.1 Å². The van der Waals surface area contributed by atoms with Crippen LogP contribution >= 0.6 is 27.5 Å². The zero-order valence-corrected chi connectivity index (χ0v) is 10.8. The number of alkyl halides is 1. The van der Waals surface area contributed by atoms with Gasteiger partial charge in [-0.3, -0.25) is 10.1 Å². The predicted octanol–water partition coefficient (Wildman–Crippen LogP) is 4.28. The normalized spacial score (nSPS) is 12.4. The van der Waals surface area contributed by atoms with Crippen LogP contribution in [0.3, 0.4) is 0 Å². The summed E-state index contributed by atoms with van der Waals surface area (Å²) in [5, 5.41) is 9.95. The maximum atomic E-state index is 10.5. The molecule has 6 heteroatoms. The van der Waals surface area contributed by atoms with Crippen LogP contribution in [0.4, 0.5) is 5.88 Å². The number of benzene rings is 1. The van der Waals surface area contributed by atoms with Crippen molar-refractivity contribution in [2.45, 2.75) is 5.38 Å². The molecule has 0 spiro atoms. The maximum absolute atomic E-state index is 10.5. The van der Waals surface area contributed by atoms with Crippen molar-refractivity contribution >= 4 is 33.4 Å². The van der Waals surface area contributed by atoms with Gasteiger partial charge in [0.1, 0.15) is 16.1 Å². The highest BCUT2D eigenvalue weighted by Crippen LogP contribution is 2.32. The van der Waals surface area contributed by atoms with Gasteiger partial charge >= 0.3 is 5.88 Å². The summed E-state index contributed by atoms with van der Waals surface area (Å²) < 4.78 is 5.99. The number of halogens is 2. The minimum atomic E-state index is -0.589. The fourth-order valence-corrected chi connectivity index (χ4v) is 1.90. The van der Waals surface area contributed by atoms with Gasteiger partial charge in [-0.15, -0.1) is 11.6 Å². The van der Waals surface area contributed by atoms with Crippen LogP contribution in [-0.2, 0) is 0 Å². The molecule has 0 fully saturated rings. The summed E-state index contributed by atoms with van der Waals surface area (Å²) in [4.78, 5) is 9.89. The average Bonchev–Trinajstić information content (AvgIpc) is 2.78. The van der Waals surface area contributed by atoms with E-state index in [4.69, 9.17) is 16.0 Å². The minimum absolute atomic E-state index is 0.303. The van der Waals surface area contributed by atoms with Crippen molar-refractivity contribution in [3.63, 3.8) is 0 Å². The van der Waals surface area contributed by atoms with E-state index < -0.39 is 10.3 Å². The fourth-order valence-electron chi connectivity index (χ4n) is 1.37. The number of furan rings is 1. The van der Waals surface area contributed by atoms with Crippen LogP contribution < -0.4 is 0 Å². The summed E-state index contributed by atoms with van der Waals surface area (Å²) in [7, 11) is 0. The SMILES string of the molecule is O=[N+]([O-])c1ccc(C(Cl)c2ccc(Br)cc2)o1. The number of nitrogens with zero attached hydrogens (tertiary/aromatic N) is 1. The zero-order chi connectivity index (χ0) is 12.4. The molecule has 4 nitrogen and oxygen atoms in total. The molecule has 2 rings (SSSR count). The van der Waals surface area contributed by atoms with Gasteiger partial charge < -0.3 is 4.42 Å². The van der Waals surface area contributed by atoms with Crippen LogP contribution in [0.5, 0.6) is 0 Å². The molecule has 1 aromatic carbocycles. The topological polar surface area (TPSA) is 56.3 Å². The lowest BCUT2D eigenvalue weighted by atomic mass is 10.1. The van der Waals surface area contributed by atoms with E-state index in [0.29, 0.717) is 5.76 Å². The standard InChI is InChI=1S/C11H7BrClNO3/c12-8-3-1-7(2-4-8)11(13)9-5-6-10(17-9)14(15)16/h1-6,11H. The molecule has 1 aromatic heterocycles. The third-order valence-electron chi connectivity index (χ3n) is 2.20. The molecule has 17 heavy (non-hydrogen) atoms. The third kappa shape index (κ3) is 2.68. The van der Waals surface area contributed by atoms with Gasteiger partial charge in [0.25, 0.3) is 0 Å². The molecule has 0 aliphatic heterocycles. The van der Waals surface area contributed by atoms with Gasteiger partial charge in [0.05, 0.1) is 6.07 Å². The highest BCUT2D eigenvalue weighted by molar-refractivity contribution is 9.10. The highest BCUT2D eigenvalue weighted by Gasteiger charge is 2.19. The molecule has 0 saturated heterocycles. The van der Waals surface area contributed by atoms with Crippen LogP contribution in [0, 0.1) is 10.1 Å². The lowest BCUT2D eigenvalue weighted by Crippen LogP contribution is -1.90. The van der Waals surface area contributed by atoms with Crippen molar-refractivity contribution in [1.29, 1.82) is 0 Å². The van der Waals surface area contributed by atoms with Crippen molar-refractivity contribution in [3.8, 4) is 0 Å². The Kier molecular flexibility index (Phi) is 3.49. The summed E-state index contributed by atoms with van der Waals surface area (Å²) in [5.41, 5.74) is 0.819. The van der Waals surface area contributed by atoms with E-state index in [9.17, 15) is 10.1 Å². The van der Waals surface area contributed by atoms with E-state index in [1.807, 2.05) is 24.3 Å². The van der Waals surface area contributed by atoms with Crippen LogP contribution in [0.25, 0.3) is 0 Å². The number of nitro groups is 1. The first-order chi connectivity index (χ1) is 8.08. The quantitative estimate of drug-likeness (QED) is 0.482. The van der Waals surface area contributed by atoms with E-state index in [1.165, 1.54) is 12.1 Å². The number of rotatable bonds is 3. The molecular formula is C11H7BrClNO3. The molecule has 0 radical (unpaired) electrons. The van der Waals surface area contributed by atoms with Gasteiger partial charge in [0, 0.05) is 4.47 Å². The van der Waals surface area contributed by atoms with Crippen LogP contribution in [0.15, 0.2) is 45.3 Å². The van der Waals surface area contributed by atoms with Crippen LogP contribution in [0.2, 0.25) is 0 Å². The van der Waals surface area contributed by atoms with Crippen LogP contribution in [-0.4, -0.2) is 4.92 Å². The van der Waals surface area contributed by atoms with Crippen molar-refractivity contribution in [2.75, 3.05) is 0 Å². The van der Waals surface area contributed by atoms with E-state index in [2.05, 4.69) is 15.9 Å². The summed E-state index contributed by atoms with van der Waals surface area (Å²) in [6.07, 6.45) is 0. The summed E-state index contributed by atoms with van der Waals surface area (Å²) in [6, 6.07) is 10.2. The Morgan fingerprint density at radius 1 is 1.24 bits per heavy atom. The molecule has 0 bridgehead atoms. The van der Waals surface area contributed by atoms with Crippen molar-refractivity contribution in [2.24, 2.45) is 0 Å². The molecule has 2 aromatic rings. The fraction of sp³-hybridized carbons (Fsp3) is 0.0909. The molecule has 88 valence electrons. The number of hydrogen-bond donors (Lipinski definition) is 0. The van der Waals surface area contributed by atoms with Crippen molar-refractivity contribution in [1.82, 2.24) is 0 Å². The molecule has 1 unspecified atom stereocenters. The van der Waals surface area contributed by atoms with Gasteiger partial charge in [-0.25, -0.2) is 0 Å². The molecule has 1 heterocycles. The van der Waals surface area contributed by atoms with E-state index in [1.54, 1.807) is 0 Å². The Morgan fingerprint density at radius 3 is 2.41 bits per heavy atom. The average molecular weight is 317 g/mol. The molecule has 0 saturated carbocycles. The summed E-state index contributed by atoms with van der Waals surface area (Å²) >= 11 is 9.49. The maximum Gasteiger partial charge on any atom is 0.433 e. The van der Waals surface area contributed by atoms with Gasteiger partial charge in [-0.2, -0.15) is 0 Å². The largest absolute Gasteiger partial charge is 0.433 e. The third-order valence-corrected chi connectivity index (χ3v) is 3.20. The molecule has 1 atom stereocenters. The monoisotopic (exact) mass is 315 g/mol. The Bertz CT molecular complexity index is 538. The minimum Gasteiger partial charge on any atom is -0.404 e. The Balaban J connectivity index is 2.27. The second-order valence-electron chi connectivity index (χ2n) is 3.35. The Hall–Kier alpha value is -1.33. The molecule has 0 amide bonds. The van der Waals surface area contributed by atoms with E-state index in [-0.39, 0.29) is 5.88 Å². The first-order valence-corrected chi connectivity index (χ1v) is 5.94. The van der Waals surface area contributed by atoms with E-state index in [0.717, 1.165) is 10.0 Å². The smallest absolute Gasteiger partial charge is 0.404 e. The summed E-state index contributed by atoms with van der Waals surface area (Å²) in [5.74, 6) is 0.0588. The lowest BCUT2D eigenvalue weighted by molar-refractivity contribution is -0.402. The van der Waals surface area contributed by atoms with E-state index >= 15 is 0 Å².